The molecule has 2 aromatic rings. The van der Waals surface area contributed by atoms with E-state index in [-0.39, 0.29) is 10.5 Å². The molecule has 2 aliphatic rings. The van der Waals surface area contributed by atoms with Gasteiger partial charge in [-0.15, -0.1) is 0 Å². The Morgan fingerprint density at radius 1 is 1.10 bits per heavy atom. The van der Waals surface area contributed by atoms with Gasteiger partial charge in [0.25, 0.3) is 0 Å². The van der Waals surface area contributed by atoms with Gasteiger partial charge in [-0.25, -0.2) is 8.42 Å². The van der Waals surface area contributed by atoms with Crippen LogP contribution in [0.4, 0.5) is 0 Å². The highest BCUT2D eigenvalue weighted by molar-refractivity contribution is 7.93. The summed E-state index contributed by atoms with van der Waals surface area (Å²) in [6.45, 7) is 0. The minimum atomic E-state index is -2.92. The lowest BCUT2D eigenvalue weighted by Crippen LogP contribution is -2.26. The molecule has 0 amide bonds. The Labute approximate surface area is 118 Å². The molecule has 1 aromatic carbocycles. The van der Waals surface area contributed by atoms with Crippen molar-refractivity contribution in [2.24, 2.45) is 0 Å². The van der Waals surface area contributed by atoms with Crippen LogP contribution in [0.15, 0.2) is 42.6 Å². The van der Waals surface area contributed by atoms with Crippen LogP contribution >= 0.6 is 0 Å². The van der Waals surface area contributed by atoms with Crippen LogP contribution in [0, 0.1) is 0 Å². The third-order valence-corrected chi connectivity index (χ3v) is 7.03. The van der Waals surface area contributed by atoms with Crippen LogP contribution in [0.5, 0.6) is 0 Å². The lowest BCUT2D eigenvalue weighted by molar-refractivity contribution is 0.585. The Kier molecular flexibility index (Phi) is 2.51. The molecule has 102 valence electrons. The van der Waals surface area contributed by atoms with Crippen molar-refractivity contribution < 1.29 is 8.42 Å². The van der Waals surface area contributed by atoms with Gasteiger partial charge in [-0.2, -0.15) is 0 Å². The summed E-state index contributed by atoms with van der Waals surface area (Å²) in [7, 11) is -2.92. The van der Waals surface area contributed by atoms with Gasteiger partial charge < -0.3 is 0 Å². The molecule has 4 heteroatoms. The van der Waals surface area contributed by atoms with Crippen LogP contribution in [0.25, 0.3) is 16.5 Å². The van der Waals surface area contributed by atoms with Crippen molar-refractivity contribution in [3.63, 3.8) is 0 Å². The number of fused-ring (bicyclic) bond motifs is 3. The SMILES string of the molecule is O=S1(=O)C2C=C(c3cccc4ncccc34)CC1CC2. The molecule has 0 N–H and O–H groups in total. The molecule has 0 spiro atoms. The third kappa shape index (κ3) is 1.64. The quantitative estimate of drug-likeness (QED) is 0.809. The number of hydrogen-bond donors (Lipinski definition) is 0. The summed E-state index contributed by atoms with van der Waals surface area (Å²) in [5, 5.41) is 0.655. The Morgan fingerprint density at radius 3 is 2.85 bits per heavy atom. The molecule has 1 fully saturated rings. The van der Waals surface area contributed by atoms with E-state index in [1.807, 2.05) is 24.3 Å². The van der Waals surface area contributed by atoms with E-state index in [0.717, 1.165) is 29.3 Å². The third-order valence-electron chi connectivity index (χ3n) is 4.49. The van der Waals surface area contributed by atoms with Gasteiger partial charge in [0, 0.05) is 11.6 Å². The molecule has 0 saturated carbocycles. The molecule has 3 heterocycles. The van der Waals surface area contributed by atoms with Gasteiger partial charge in [0.1, 0.15) is 0 Å². The van der Waals surface area contributed by atoms with Crippen LogP contribution in [0.2, 0.25) is 0 Å². The van der Waals surface area contributed by atoms with Crippen molar-refractivity contribution in [2.45, 2.75) is 29.8 Å². The first-order valence-corrected chi connectivity index (χ1v) is 8.55. The van der Waals surface area contributed by atoms with E-state index in [1.165, 1.54) is 5.57 Å². The topological polar surface area (TPSA) is 47.0 Å². The Morgan fingerprint density at radius 2 is 2.00 bits per heavy atom. The molecule has 0 radical (unpaired) electrons. The molecule has 1 aromatic heterocycles. The summed E-state index contributed by atoms with van der Waals surface area (Å²) >= 11 is 0. The van der Waals surface area contributed by atoms with Crippen molar-refractivity contribution in [1.82, 2.24) is 4.98 Å². The highest BCUT2D eigenvalue weighted by Crippen LogP contribution is 2.41. The molecule has 3 nitrogen and oxygen atoms in total. The van der Waals surface area contributed by atoms with Gasteiger partial charge in [0.2, 0.25) is 0 Å². The number of rotatable bonds is 1. The van der Waals surface area contributed by atoms with Crippen molar-refractivity contribution in [3.05, 3.63) is 48.2 Å². The molecule has 20 heavy (non-hydrogen) atoms. The fourth-order valence-electron chi connectivity index (χ4n) is 3.44. The van der Waals surface area contributed by atoms with Crippen molar-refractivity contribution in [1.29, 1.82) is 0 Å². The standard InChI is InChI=1S/C16H15NO2S/c18-20(19)12-6-7-13(20)10-11(9-12)14-3-1-5-16-15(14)4-2-8-17-16/h1-5,8-9,12-13H,6-7,10H2. The van der Waals surface area contributed by atoms with E-state index in [9.17, 15) is 8.42 Å². The first-order chi connectivity index (χ1) is 9.66. The monoisotopic (exact) mass is 285 g/mol. The van der Waals surface area contributed by atoms with Crippen LogP contribution in [0.3, 0.4) is 0 Å². The second-order valence-electron chi connectivity index (χ2n) is 5.60. The summed E-state index contributed by atoms with van der Waals surface area (Å²) in [5.74, 6) is 0. The van der Waals surface area contributed by atoms with Crippen LogP contribution in [-0.2, 0) is 9.84 Å². The molecule has 4 rings (SSSR count). The second kappa shape index (κ2) is 4.16. The summed E-state index contributed by atoms with van der Waals surface area (Å²) in [4.78, 5) is 4.37. The van der Waals surface area contributed by atoms with Gasteiger partial charge in [-0.1, -0.05) is 24.3 Å². The Balaban J connectivity index is 1.90. The summed E-state index contributed by atoms with van der Waals surface area (Å²) in [6.07, 6.45) is 5.98. The largest absolute Gasteiger partial charge is 0.256 e. The number of allylic oxidation sites excluding steroid dienone is 1. The zero-order valence-corrected chi connectivity index (χ0v) is 11.8. The first kappa shape index (κ1) is 12.1. The minimum absolute atomic E-state index is 0.181. The molecule has 2 bridgehead atoms. The van der Waals surface area contributed by atoms with E-state index in [0.29, 0.717) is 6.42 Å². The zero-order valence-electron chi connectivity index (χ0n) is 11.0. The molecule has 2 aliphatic heterocycles. The molecule has 0 aliphatic carbocycles. The van der Waals surface area contributed by atoms with Crippen LogP contribution < -0.4 is 0 Å². The van der Waals surface area contributed by atoms with E-state index in [1.54, 1.807) is 6.20 Å². The van der Waals surface area contributed by atoms with E-state index >= 15 is 0 Å². The molecule has 2 atom stereocenters. The smallest absolute Gasteiger partial charge is 0.159 e. The molecule has 1 saturated heterocycles. The van der Waals surface area contributed by atoms with E-state index in [2.05, 4.69) is 17.1 Å². The molecular weight excluding hydrogens is 270 g/mol. The van der Waals surface area contributed by atoms with Gasteiger partial charge in [0.15, 0.2) is 9.84 Å². The molecular formula is C16H15NO2S. The van der Waals surface area contributed by atoms with Gasteiger partial charge in [-0.3, -0.25) is 4.98 Å². The fraction of sp³-hybridized carbons (Fsp3) is 0.312. The van der Waals surface area contributed by atoms with Crippen LogP contribution in [0.1, 0.15) is 24.8 Å². The summed E-state index contributed by atoms with van der Waals surface area (Å²) in [6, 6.07) is 10.1. The lowest BCUT2D eigenvalue weighted by Gasteiger charge is -2.21. The maximum atomic E-state index is 12.2. The predicted molar refractivity (Wildman–Crippen MR) is 80.1 cm³/mol. The van der Waals surface area contributed by atoms with Crippen molar-refractivity contribution in [2.75, 3.05) is 0 Å². The van der Waals surface area contributed by atoms with Crippen molar-refractivity contribution in [3.8, 4) is 0 Å². The Bertz CT molecular complexity index is 818. The van der Waals surface area contributed by atoms with E-state index < -0.39 is 9.84 Å². The number of aromatic nitrogens is 1. The van der Waals surface area contributed by atoms with E-state index in [4.69, 9.17) is 0 Å². The maximum absolute atomic E-state index is 12.2. The number of nitrogens with zero attached hydrogens (tertiary/aromatic N) is 1. The highest BCUT2D eigenvalue weighted by Gasteiger charge is 2.43. The predicted octanol–water partition coefficient (Wildman–Crippen LogP) is 2.97. The van der Waals surface area contributed by atoms with Crippen molar-refractivity contribution >= 4 is 26.3 Å². The number of sulfone groups is 1. The molecule has 2 unspecified atom stereocenters. The van der Waals surface area contributed by atoms with Gasteiger partial charge in [0.05, 0.1) is 16.0 Å². The summed E-state index contributed by atoms with van der Waals surface area (Å²) in [5.41, 5.74) is 3.28. The lowest BCUT2D eigenvalue weighted by atomic mass is 9.97. The minimum Gasteiger partial charge on any atom is -0.256 e. The number of pyridine rings is 1. The zero-order chi connectivity index (χ0) is 13.7. The highest BCUT2D eigenvalue weighted by atomic mass is 32.2. The Hall–Kier alpha value is -1.68. The number of benzene rings is 1. The van der Waals surface area contributed by atoms with Gasteiger partial charge in [-0.05, 0) is 42.5 Å². The van der Waals surface area contributed by atoms with Crippen LogP contribution in [-0.4, -0.2) is 23.9 Å². The second-order valence-corrected chi connectivity index (χ2v) is 8.05. The number of hydrogen-bond acceptors (Lipinski definition) is 3. The first-order valence-electron chi connectivity index (χ1n) is 6.94. The maximum Gasteiger partial charge on any atom is 0.159 e. The van der Waals surface area contributed by atoms with Gasteiger partial charge >= 0.3 is 0 Å². The fourth-order valence-corrected chi connectivity index (χ4v) is 5.63. The normalized spacial score (nSPS) is 27.5. The average Bonchev–Trinajstić information content (AvgIpc) is 2.66. The average molecular weight is 285 g/mol. The summed E-state index contributed by atoms with van der Waals surface area (Å²) < 4.78 is 24.3.